The van der Waals surface area contributed by atoms with Crippen molar-refractivity contribution in [2.24, 2.45) is 17.8 Å². The van der Waals surface area contributed by atoms with Gasteiger partial charge < -0.3 is 55.5 Å². The Morgan fingerprint density at radius 3 is 2.13 bits per heavy atom. The fourth-order valence-corrected chi connectivity index (χ4v) is 11.5. The number of pyridine rings is 2. The van der Waals surface area contributed by atoms with Crippen LogP contribution in [0.3, 0.4) is 0 Å². The van der Waals surface area contributed by atoms with Crippen LogP contribution >= 0.6 is 0 Å². The van der Waals surface area contributed by atoms with E-state index in [1.807, 2.05) is 61.5 Å². The first kappa shape index (κ1) is 70.9. The number of carbonyl (C=O) groups is 9. The van der Waals surface area contributed by atoms with Crippen LogP contribution < -0.4 is 37.5 Å². The molecule has 0 bridgehead atoms. The van der Waals surface area contributed by atoms with Crippen molar-refractivity contribution in [1.29, 1.82) is 0 Å². The number of hydrogen-bond donors (Lipinski definition) is 6. The molecule has 0 radical (unpaired) electrons. The van der Waals surface area contributed by atoms with Crippen molar-refractivity contribution in [3.05, 3.63) is 104 Å². The van der Waals surface area contributed by atoms with Crippen molar-refractivity contribution in [1.82, 2.24) is 41.0 Å². The maximum absolute atomic E-state index is 15.2. The number of nitrogens with one attached hydrogen (secondary N) is 6. The molecule has 5 heterocycles. The molecule has 6 N–H and O–H groups in total. The number of rotatable bonds is 20. The quantitative estimate of drug-likeness (QED) is 0.0246. The molecule has 2 aliphatic carbocycles. The normalized spacial score (nSPS) is 18.2. The summed E-state index contributed by atoms with van der Waals surface area (Å²) in [5.41, 5.74) is 6.10. The molecule has 7 amide bonds. The lowest BCUT2D eigenvalue weighted by atomic mass is 9.81. The van der Waals surface area contributed by atoms with Gasteiger partial charge in [0.2, 0.25) is 24.1 Å². The smallest absolute Gasteiger partial charge is 0.407 e. The van der Waals surface area contributed by atoms with Crippen LogP contribution in [0.25, 0.3) is 22.3 Å². The maximum Gasteiger partial charge on any atom is 0.407 e. The molecule has 3 atom stereocenters. The Kier molecular flexibility index (Phi) is 25.2. The van der Waals surface area contributed by atoms with Crippen LogP contribution in [0.15, 0.2) is 53.3 Å². The summed E-state index contributed by atoms with van der Waals surface area (Å²) < 4.78 is 33.5. The number of hydrogen-bond acceptors (Lipinski definition) is 15. The van der Waals surface area contributed by atoms with Crippen molar-refractivity contribution < 1.29 is 61.8 Å². The summed E-state index contributed by atoms with van der Waals surface area (Å²) in [6.07, 6.45) is 9.63. The summed E-state index contributed by atoms with van der Waals surface area (Å²) in [6, 6.07) is 9.48. The number of alkyl carbamates (subject to hydrolysis) is 1. The average Bonchev–Trinajstić information content (AvgIpc) is 1.45. The van der Waals surface area contributed by atoms with Gasteiger partial charge in [0.1, 0.15) is 25.3 Å². The number of anilines is 1. The van der Waals surface area contributed by atoms with Gasteiger partial charge in [0.25, 0.3) is 17.4 Å². The minimum absolute atomic E-state index is 0.0137. The zero-order chi connectivity index (χ0) is 66.2. The van der Waals surface area contributed by atoms with Crippen LogP contribution in [0.5, 0.6) is 0 Å². The van der Waals surface area contributed by atoms with Gasteiger partial charge in [-0.3, -0.25) is 43.3 Å². The summed E-state index contributed by atoms with van der Waals surface area (Å²) in [7, 11) is 1.69. The molecule has 90 heavy (non-hydrogen) atoms. The van der Waals surface area contributed by atoms with Gasteiger partial charge in [-0.15, -0.1) is 0 Å². The van der Waals surface area contributed by atoms with Crippen molar-refractivity contribution in [3.8, 4) is 11.4 Å². The van der Waals surface area contributed by atoms with Gasteiger partial charge in [-0.1, -0.05) is 53.2 Å². The third kappa shape index (κ3) is 18.5. The predicted molar refractivity (Wildman–Crippen MR) is 338 cm³/mol. The van der Waals surface area contributed by atoms with Crippen LogP contribution in [0.4, 0.5) is 14.9 Å². The zero-order valence-electron chi connectivity index (χ0n) is 54.1. The highest BCUT2D eigenvalue weighted by atomic mass is 19.1. The van der Waals surface area contributed by atoms with Crippen molar-refractivity contribution in [2.45, 2.75) is 183 Å². The predicted octanol–water partition coefficient (Wildman–Crippen LogP) is 7.80. The van der Waals surface area contributed by atoms with Gasteiger partial charge >= 0.3 is 12.1 Å². The topological polar surface area (TPSA) is 292 Å². The average molecular weight is 1250 g/mol. The lowest BCUT2D eigenvalue weighted by Gasteiger charge is -2.30. The number of fused-ring (bicyclic) bond motifs is 5. The number of benzene rings is 2. The number of aromatic nitrogens is 2. The third-order valence-electron chi connectivity index (χ3n) is 16.3. The number of ether oxygens (including phenoxy) is 3. The molecule has 0 spiro atoms. The van der Waals surface area contributed by atoms with Crippen molar-refractivity contribution in [3.63, 3.8) is 0 Å². The molecule has 1 saturated carbocycles. The van der Waals surface area contributed by atoms with Crippen LogP contribution in [0, 0.1) is 30.5 Å². The molecule has 1 fully saturated rings. The molecular weight excluding hydrogens is 1160 g/mol. The second kappa shape index (κ2) is 32.0. The summed E-state index contributed by atoms with van der Waals surface area (Å²) in [4.78, 5) is 126. The van der Waals surface area contributed by atoms with Gasteiger partial charge in [-0.05, 0) is 158 Å². The van der Waals surface area contributed by atoms with E-state index in [1.165, 1.54) is 29.5 Å². The molecule has 22 nitrogen and oxygen atoms in total. The molecule has 2 aromatic carbocycles. The molecule has 4 aromatic rings. The van der Waals surface area contributed by atoms with Gasteiger partial charge in [-0.2, -0.15) is 0 Å². The van der Waals surface area contributed by atoms with Crippen LogP contribution in [-0.2, 0) is 78.7 Å². The largest absolute Gasteiger partial charge is 0.460 e. The molecule has 23 heteroatoms. The first-order valence-corrected chi connectivity index (χ1v) is 31.1. The monoisotopic (exact) mass is 1250 g/mol. The van der Waals surface area contributed by atoms with E-state index < -0.39 is 23.6 Å². The Balaban J connectivity index is 0.000000257. The highest BCUT2D eigenvalue weighted by molar-refractivity contribution is 6.12. The van der Waals surface area contributed by atoms with Crippen LogP contribution in [-0.4, -0.2) is 119 Å². The Morgan fingerprint density at radius 2 is 1.54 bits per heavy atom. The molecule has 2 aromatic heterocycles. The Morgan fingerprint density at radius 1 is 0.878 bits per heavy atom. The highest BCUT2D eigenvalue weighted by Crippen LogP contribution is 2.46. The summed E-state index contributed by atoms with van der Waals surface area (Å²) in [5.74, 6) is -2.04. The van der Waals surface area contributed by atoms with Crippen molar-refractivity contribution in [2.75, 3.05) is 38.6 Å². The van der Waals surface area contributed by atoms with Gasteiger partial charge in [0, 0.05) is 59.5 Å². The second-order valence-corrected chi connectivity index (χ2v) is 25.3. The lowest BCUT2D eigenvalue weighted by molar-refractivity contribution is -0.148. The Bertz CT molecular complexity index is 3360. The Labute approximate surface area is 526 Å². The first-order valence-electron chi connectivity index (χ1n) is 31.1. The molecule has 9 rings (SSSR count). The van der Waals surface area contributed by atoms with E-state index >= 15 is 4.39 Å². The summed E-state index contributed by atoms with van der Waals surface area (Å²) >= 11 is 0. The number of cyclic esters (lactones) is 1. The van der Waals surface area contributed by atoms with Gasteiger partial charge in [0.05, 0.1) is 65.7 Å². The number of halogens is 1. The molecule has 0 saturated heterocycles. The summed E-state index contributed by atoms with van der Waals surface area (Å²) in [5, 5.41) is 17.5. The number of likely N-dealkylation sites (N-methyl/N-ethyl adjacent to an activating group) is 1. The minimum atomic E-state index is -0.619. The number of amides is 7. The first-order chi connectivity index (χ1) is 42.7. The highest BCUT2D eigenvalue weighted by Gasteiger charge is 2.39. The number of esters is 1. The lowest BCUT2D eigenvalue weighted by Crippen LogP contribution is -2.49. The fourth-order valence-electron chi connectivity index (χ4n) is 11.5. The number of imide groups is 1. The molecule has 5 aliphatic rings. The van der Waals surface area contributed by atoms with E-state index in [0.717, 1.165) is 46.8 Å². The standard InChI is InChI=1S/C35H34FN5O6.C23H37N3O5.C6H11NO2.C3H8/c1-4-20-22-11-28-32-23(14-41(28)33(43)24(22)16-46-34(20)44)31-26(10-9-21-17(2)25(36)12-27(39-32)30(21)31)40-35(45)47-15-18-5-7-19(8-6-18)38-29(42)13-37-3;1-22(2,3)31-13-12-23(4,5)25-18(27)14-24-21(30)17-8-6-16(7-9-17)15-26-19(28)10-11-20(26)29;1-5(2)6(3-8)7-4-9;1-3-2/h5-8,11-12,20,26,37H,4,9-10,13-16H2,1-3H3,(H,38,42)(H,40,45);10-11,16-17H,6-9,12-15H2,1-5H3,(H,24,30)(H,25,27);3-6H,1-2H3,(H,7,9);3H2,1-2H3. The summed E-state index contributed by atoms with van der Waals surface area (Å²) in [6.45, 7) is 22.7. The molecular formula is C67H90FN9O13. The van der Waals surface area contributed by atoms with Gasteiger partial charge in [0.15, 0.2) is 0 Å². The fraction of sp³-hybridized carbons (Fsp3) is 0.537. The molecule has 488 valence electrons. The number of aryl methyl sites for hydroxylation is 1. The molecule has 3 unspecified atom stereocenters. The van der Waals surface area contributed by atoms with Crippen molar-refractivity contribution >= 4 is 70.9 Å². The van der Waals surface area contributed by atoms with E-state index in [-0.39, 0.29) is 109 Å². The SMILES string of the molecule is CC(C)(CCOC(C)(C)C)NC(=O)CNC(=O)C1CCC(CN2C(=O)C=CC2=O)CC1.CC(C)C(C=O)NC=O.CCC.CCC1C(=O)OCc2c1cc1n(c2=O)Cc2c-1nc1cc(F)c(C)c3c1c2C(NC(=O)OCc1ccc(NC(=O)CNC)cc1)CC3. The van der Waals surface area contributed by atoms with Gasteiger partial charge in [-0.25, -0.2) is 14.2 Å². The third-order valence-corrected chi connectivity index (χ3v) is 16.3. The van der Waals surface area contributed by atoms with E-state index in [2.05, 4.69) is 45.7 Å². The van der Waals surface area contributed by atoms with E-state index in [9.17, 15) is 47.9 Å². The zero-order valence-corrected chi connectivity index (χ0v) is 54.1. The van der Waals surface area contributed by atoms with Crippen LogP contribution in [0.2, 0.25) is 0 Å². The molecule has 3 aliphatic heterocycles. The Hall–Kier alpha value is -8.18. The second-order valence-electron chi connectivity index (χ2n) is 25.3. The number of nitrogens with zero attached hydrogens (tertiary/aromatic N) is 3. The maximum atomic E-state index is 15.2. The van der Waals surface area contributed by atoms with E-state index in [0.29, 0.717) is 97.4 Å². The number of aldehydes is 1. The van der Waals surface area contributed by atoms with Crippen LogP contribution in [0.1, 0.15) is 172 Å². The number of carbonyl (C=O) groups excluding carboxylic acids is 9. The minimum Gasteiger partial charge on any atom is -0.460 e. The van der Waals surface area contributed by atoms with E-state index in [1.54, 1.807) is 42.8 Å². The van der Waals surface area contributed by atoms with E-state index in [4.69, 9.17) is 19.2 Å².